The Morgan fingerprint density at radius 3 is 1.82 bits per heavy atom. The summed E-state index contributed by atoms with van der Waals surface area (Å²) in [6, 6.07) is 41.8. The maximum atomic E-state index is 13.7. The average molecular weight is 499 g/mol. The van der Waals surface area contributed by atoms with E-state index in [1.54, 1.807) is 30.3 Å². The van der Waals surface area contributed by atoms with Crippen LogP contribution in [0.2, 0.25) is 0 Å². The predicted molar refractivity (Wildman–Crippen MR) is 148 cm³/mol. The van der Waals surface area contributed by atoms with Gasteiger partial charge in [-0.15, -0.1) is 0 Å². The summed E-state index contributed by atoms with van der Waals surface area (Å²) in [6.07, 6.45) is 0.265. The van der Waals surface area contributed by atoms with E-state index in [1.807, 2.05) is 103 Å². The minimum atomic E-state index is -0.536. The molecule has 0 heterocycles. The average Bonchev–Trinajstić information content (AvgIpc) is 3.00. The van der Waals surface area contributed by atoms with Crippen LogP contribution in [-0.4, -0.2) is 12.3 Å². The third kappa shape index (κ3) is 5.71. The molecule has 0 unspecified atom stereocenters. The molecule has 0 N–H and O–H groups in total. The summed E-state index contributed by atoms with van der Waals surface area (Å²) in [5.74, 6) is 0.255. The number of hydrogen-bond donors (Lipinski definition) is 0. The molecule has 0 aromatic heterocycles. The van der Waals surface area contributed by atoms with E-state index in [1.165, 1.54) is 0 Å². The van der Waals surface area contributed by atoms with E-state index >= 15 is 0 Å². The standard InChI is InChI=1S/C34H26O4/c35-23-25-19-21-29(22-20-25)37-24-28-15-7-8-16-30(28)31-17-9-10-18-32(31)34(36)38-33(26-11-3-1-4-12-26)27-13-5-2-6-14-27/h1-23,33H,24H2. The first-order valence-corrected chi connectivity index (χ1v) is 12.4. The Labute approximate surface area is 222 Å². The van der Waals surface area contributed by atoms with Gasteiger partial charge >= 0.3 is 5.97 Å². The van der Waals surface area contributed by atoms with Crippen molar-refractivity contribution >= 4 is 12.3 Å². The van der Waals surface area contributed by atoms with Crippen molar-refractivity contribution in [3.8, 4) is 16.9 Å². The minimum Gasteiger partial charge on any atom is -0.489 e. The molecular formula is C34H26O4. The van der Waals surface area contributed by atoms with Crippen molar-refractivity contribution in [3.05, 3.63) is 161 Å². The summed E-state index contributed by atoms with van der Waals surface area (Å²) in [5.41, 5.74) is 5.46. The van der Waals surface area contributed by atoms with E-state index in [0.29, 0.717) is 23.5 Å². The largest absolute Gasteiger partial charge is 0.489 e. The van der Waals surface area contributed by atoms with Crippen molar-refractivity contribution in [2.45, 2.75) is 12.7 Å². The van der Waals surface area contributed by atoms with Gasteiger partial charge in [-0.25, -0.2) is 4.79 Å². The number of hydrogen-bond acceptors (Lipinski definition) is 4. The molecule has 38 heavy (non-hydrogen) atoms. The molecule has 0 fully saturated rings. The monoisotopic (exact) mass is 498 g/mol. The topological polar surface area (TPSA) is 52.6 Å². The van der Waals surface area contributed by atoms with Gasteiger partial charge in [0.2, 0.25) is 0 Å². The molecule has 0 spiro atoms. The van der Waals surface area contributed by atoms with Crippen LogP contribution in [0.1, 0.15) is 43.5 Å². The summed E-state index contributed by atoms with van der Waals surface area (Å²) < 4.78 is 12.2. The van der Waals surface area contributed by atoms with Crippen molar-refractivity contribution in [2.24, 2.45) is 0 Å². The molecule has 0 saturated carbocycles. The van der Waals surface area contributed by atoms with Gasteiger partial charge in [0.05, 0.1) is 5.56 Å². The highest BCUT2D eigenvalue weighted by atomic mass is 16.5. The van der Waals surface area contributed by atoms with Crippen molar-refractivity contribution in [1.82, 2.24) is 0 Å². The lowest BCUT2D eigenvalue weighted by molar-refractivity contribution is 0.0379. The fourth-order valence-electron chi connectivity index (χ4n) is 4.36. The Bertz CT molecular complexity index is 1470. The molecule has 4 nitrogen and oxygen atoms in total. The Hall–Kier alpha value is -4.96. The highest BCUT2D eigenvalue weighted by Crippen LogP contribution is 2.32. The number of esters is 1. The molecule has 0 aliphatic carbocycles. The molecule has 5 aromatic carbocycles. The van der Waals surface area contributed by atoms with Crippen LogP contribution in [0, 0.1) is 0 Å². The van der Waals surface area contributed by atoms with Crippen LogP contribution >= 0.6 is 0 Å². The molecule has 0 bridgehead atoms. The number of aldehydes is 1. The minimum absolute atomic E-state index is 0.302. The highest BCUT2D eigenvalue weighted by molar-refractivity contribution is 5.98. The molecule has 0 saturated heterocycles. The quantitative estimate of drug-likeness (QED) is 0.154. The van der Waals surface area contributed by atoms with Gasteiger partial charge in [0.15, 0.2) is 6.10 Å². The van der Waals surface area contributed by atoms with Crippen LogP contribution in [0.4, 0.5) is 0 Å². The first-order chi connectivity index (χ1) is 18.7. The molecule has 186 valence electrons. The zero-order chi connectivity index (χ0) is 26.2. The van der Waals surface area contributed by atoms with Crippen molar-refractivity contribution in [2.75, 3.05) is 0 Å². The Morgan fingerprint density at radius 1 is 0.632 bits per heavy atom. The highest BCUT2D eigenvalue weighted by Gasteiger charge is 2.22. The zero-order valence-electron chi connectivity index (χ0n) is 20.7. The molecule has 5 aromatic rings. The number of carbonyl (C=O) groups is 2. The van der Waals surface area contributed by atoms with Gasteiger partial charge in [-0.1, -0.05) is 103 Å². The lowest BCUT2D eigenvalue weighted by atomic mass is 9.95. The van der Waals surface area contributed by atoms with Gasteiger partial charge < -0.3 is 9.47 Å². The van der Waals surface area contributed by atoms with Gasteiger partial charge in [-0.3, -0.25) is 4.79 Å². The molecular weight excluding hydrogens is 472 g/mol. The Morgan fingerprint density at radius 2 is 1.18 bits per heavy atom. The van der Waals surface area contributed by atoms with Crippen molar-refractivity contribution in [1.29, 1.82) is 0 Å². The molecule has 0 atom stereocenters. The van der Waals surface area contributed by atoms with Gasteiger partial charge in [-0.05, 0) is 58.1 Å². The lowest BCUT2D eigenvalue weighted by Crippen LogP contribution is -2.14. The summed E-state index contributed by atoms with van der Waals surface area (Å²) >= 11 is 0. The van der Waals surface area contributed by atoms with Crippen LogP contribution in [-0.2, 0) is 11.3 Å². The second kappa shape index (κ2) is 11.8. The number of ether oxygens (including phenoxy) is 2. The van der Waals surface area contributed by atoms with Crippen molar-refractivity contribution in [3.63, 3.8) is 0 Å². The third-order valence-corrected chi connectivity index (χ3v) is 6.29. The first kappa shape index (κ1) is 24.7. The molecule has 5 rings (SSSR count). The SMILES string of the molecule is O=Cc1ccc(OCc2ccccc2-c2ccccc2C(=O)OC(c2ccccc2)c2ccccc2)cc1. The number of carbonyl (C=O) groups excluding carboxylic acids is 2. The number of rotatable bonds is 9. The van der Waals surface area contributed by atoms with E-state index in [9.17, 15) is 9.59 Å². The van der Waals surface area contributed by atoms with Crippen LogP contribution in [0.3, 0.4) is 0 Å². The molecule has 0 amide bonds. The van der Waals surface area contributed by atoms with E-state index in [0.717, 1.165) is 34.1 Å². The summed E-state index contributed by atoms with van der Waals surface area (Å²) in [5, 5.41) is 0. The van der Waals surface area contributed by atoms with Gasteiger partial charge in [-0.2, -0.15) is 0 Å². The van der Waals surface area contributed by atoms with Crippen LogP contribution < -0.4 is 4.74 Å². The van der Waals surface area contributed by atoms with Gasteiger partial charge in [0.1, 0.15) is 18.6 Å². The predicted octanol–water partition coefficient (Wildman–Crippen LogP) is 7.69. The van der Waals surface area contributed by atoms with E-state index in [-0.39, 0.29) is 0 Å². The molecule has 0 aliphatic heterocycles. The maximum Gasteiger partial charge on any atom is 0.339 e. The second-order valence-corrected chi connectivity index (χ2v) is 8.79. The Kier molecular flexibility index (Phi) is 7.71. The van der Waals surface area contributed by atoms with E-state index < -0.39 is 12.1 Å². The smallest absolute Gasteiger partial charge is 0.339 e. The fourth-order valence-corrected chi connectivity index (χ4v) is 4.36. The number of benzene rings is 5. The molecule has 0 aliphatic rings. The van der Waals surface area contributed by atoms with Crippen LogP contribution in [0.5, 0.6) is 5.75 Å². The molecule has 0 radical (unpaired) electrons. The third-order valence-electron chi connectivity index (χ3n) is 6.29. The second-order valence-electron chi connectivity index (χ2n) is 8.79. The van der Waals surface area contributed by atoms with Gasteiger partial charge in [0, 0.05) is 5.56 Å². The van der Waals surface area contributed by atoms with Crippen LogP contribution in [0.15, 0.2) is 133 Å². The normalized spacial score (nSPS) is 10.7. The molecule has 4 heteroatoms. The maximum absolute atomic E-state index is 13.7. The van der Waals surface area contributed by atoms with Crippen LogP contribution in [0.25, 0.3) is 11.1 Å². The zero-order valence-corrected chi connectivity index (χ0v) is 20.7. The summed E-state index contributed by atoms with van der Waals surface area (Å²) in [7, 11) is 0. The van der Waals surface area contributed by atoms with E-state index in [2.05, 4.69) is 0 Å². The summed E-state index contributed by atoms with van der Waals surface area (Å²) in [6.45, 7) is 0.302. The first-order valence-electron chi connectivity index (χ1n) is 12.4. The van der Waals surface area contributed by atoms with Crippen molar-refractivity contribution < 1.29 is 19.1 Å². The van der Waals surface area contributed by atoms with E-state index in [4.69, 9.17) is 9.47 Å². The lowest BCUT2D eigenvalue weighted by Gasteiger charge is -2.20. The Balaban J connectivity index is 1.44. The fraction of sp³-hybridized carbons (Fsp3) is 0.0588. The summed E-state index contributed by atoms with van der Waals surface area (Å²) in [4.78, 5) is 24.6. The van der Waals surface area contributed by atoms with Gasteiger partial charge in [0.25, 0.3) is 0 Å².